The highest BCUT2D eigenvalue weighted by Crippen LogP contribution is 2.33. The number of hydrogen-bond donors (Lipinski definition) is 3. The molecule has 1 aliphatic heterocycles. The van der Waals surface area contributed by atoms with Crippen LogP contribution in [-0.4, -0.2) is 11.7 Å². The van der Waals surface area contributed by atoms with Crippen molar-refractivity contribution in [2.24, 2.45) is 0 Å². The molecule has 2 nitrogen and oxygen atoms in total. The number of thiol groups is 1. The van der Waals surface area contributed by atoms with E-state index in [-0.39, 0.29) is 0 Å². The Kier molecular flexibility index (Phi) is 2.47. The molecule has 1 saturated heterocycles. The van der Waals surface area contributed by atoms with Gasteiger partial charge in [-0.15, -0.1) is 12.6 Å². The predicted molar refractivity (Wildman–Crippen MR) is 55.3 cm³/mol. The third kappa shape index (κ3) is 1.67. The van der Waals surface area contributed by atoms with Gasteiger partial charge in [-0.05, 0) is 25.5 Å². The number of benzene rings is 1. The van der Waals surface area contributed by atoms with E-state index in [1.807, 2.05) is 12.1 Å². The Hall–Kier alpha value is -0.670. The molecule has 70 valence electrons. The minimum absolute atomic E-state index is 0.312. The fraction of sp³-hybridized carbons (Fsp3) is 0.400. The zero-order chi connectivity index (χ0) is 9.26. The summed E-state index contributed by atoms with van der Waals surface area (Å²) in [6.45, 7) is 1.04. The summed E-state index contributed by atoms with van der Waals surface area (Å²) in [5.74, 6) is 0.324. The molecule has 1 fully saturated rings. The van der Waals surface area contributed by atoms with Crippen molar-refractivity contribution in [3.63, 3.8) is 0 Å². The first kappa shape index (κ1) is 8.91. The van der Waals surface area contributed by atoms with E-state index in [1.165, 1.54) is 6.42 Å². The van der Waals surface area contributed by atoms with Gasteiger partial charge in [0.25, 0.3) is 0 Å². The highest BCUT2D eigenvalue weighted by Gasteiger charge is 2.19. The van der Waals surface area contributed by atoms with Crippen molar-refractivity contribution in [2.75, 3.05) is 6.54 Å². The van der Waals surface area contributed by atoms with Crippen LogP contribution in [-0.2, 0) is 0 Å². The van der Waals surface area contributed by atoms with Crippen LogP contribution in [0, 0.1) is 0 Å². The average Bonchev–Trinajstić information content (AvgIpc) is 2.62. The second-order valence-electron chi connectivity index (χ2n) is 3.36. The molecule has 1 atom stereocenters. The maximum absolute atomic E-state index is 9.74. The third-order valence-corrected chi connectivity index (χ3v) is 2.84. The van der Waals surface area contributed by atoms with E-state index in [9.17, 15) is 5.11 Å². The second-order valence-corrected chi connectivity index (χ2v) is 3.85. The van der Waals surface area contributed by atoms with Gasteiger partial charge in [-0.3, -0.25) is 0 Å². The van der Waals surface area contributed by atoms with Gasteiger partial charge in [-0.25, -0.2) is 0 Å². The first-order chi connectivity index (χ1) is 6.29. The highest BCUT2D eigenvalue weighted by atomic mass is 32.1. The second kappa shape index (κ2) is 3.60. The Morgan fingerprint density at radius 1 is 1.46 bits per heavy atom. The first-order valence-corrected chi connectivity index (χ1v) is 4.98. The van der Waals surface area contributed by atoms with Gasteiger partial charge in [-0.2, -0.15) is 0 Å². The van der Waals surface area contributed by atoms with Gasteiger partial charge in [-0.1, -0.05) is 12.1 Å². The predicted octanol–water partition coefficient (Wildman–Crippen LogP) is 2.11. The fourth-order valence-electron chi connectivity index (χ4n) is 1.78. The van der Waals surface area contributed by atoms with Crippen molar-refractivity contribution in [1.29, 1.82) is 0 Å². The molecule has 0 spiro atoms. The Morgan fingerprint density at radius 3 is 3.00 bits per heavy atom. The van der Waals surface area contributed by atoms with Crippen molar-refractivity contribution < 1.29 is 5.11 Å². The molecule has 3 heteroatoms. The molecule has 1 heterocycles. The topological polar surface area (TPSA) is 32.3 Å². The Bertz CT molecular complexity index is 308. The summed E-state index contributed by atoms with van der Waals surface area (Å²) in [6, 6.07) is 6.00. The van der Waals surface area contributed by atoms with Crippen molar-refractivity contribution in [3.05, 3.63) is 23.8 Å². The monoisotopic (exact) mass is 195 g/mol. The number of phenolic OH excluding ortho intramolecular Hbond substituents is 1. The minimum Gasteiger partial charge on any atom is -0.506 e. The standard InChI is InChI=1S/C10H13NOS/c12-10-7(3-1-5-9(10)13)8-4-2-6-11-8/h1,3,5,8,11-13H,2,4,6H2/t8-/m0/s1. The molecule has 0 saturated carbocycles. The third-order valence-electron chi connectivity index (χ3n) is 2.48. The van der Waals surface area contributed by atoms with Crippen molar-refractivity contribution in [1.82, 2.24) is 5.32 Å². The Morgan fingerprint density at radius 2 is 2.31 bits per heavy atom. The number of para-hydroxylation sites is 1. The molecule has 0 unspecified atom stereocenters. The molecule has 0 aromatic heterocycles. The summed E-state index contributed by atoms with van der Waals surface area (Å²) in [7, 11) is 0. The summed E-state index contributed by atoms with van der Waals surface area (Å²) in [5.41, 5.74) is 0.977. The summed E-state index contributed by atoms with van der Waals surface area (Å²) in [5, 5.41) is 13.1. The molecule has 1 aromatic carbocycles. The average molecular weight is 195 g/mol. The van der Waals surface area contributed by atoms with E-state index in [0.717, 1.165) is 18.5 Å². The van der Waals surface area contributed by atoms with Gasteiger partial charge >= 0.3 is 0 Å². The van der Waals surface area contributed by atoms with Gasteiger partial charge in [0, 0.05) is 16.5 Å². The number of rotatable bonds is 1. The Labute approximate surface area is 83.4 Å². The van der Waals surface area contributed by atoms with Crippen molar-refractivity contribution in [2.45, 2.75) is 23.8 Å². The molecule has 0 radical (unpaired) electrons. The lowest BCUT2D eigenvalue weighted by molar-refractivity contribution is 0.444. The summed E-state index contributed by atoms with van der Waals surface area (Å²) in [4.78, 5) is 0.659. The zero-order valence-corrected chi connectivity index (χ0v) is 8.22. The number of nitrogens with one attached hydrogen (secondary N) is 1. The van der Waals surface area contributed by atoms with Crippen LogP contribution in [0.5, 0.6) is 5.75 Å². The van der Waals surface area contributed by atoms with E-state index in [2.05, 4.69) is 17.9 Å². The molecule has 1 aromatic rings. The van der Waals surface area contributed by atoms with Crippen LogP contribution in [0.4, 0.5) is 0 Å². The molecule has 2 rings (SSSR count). The summed E-state index contributed by atoms with van der Waals surface area (Å²) in [6.07, 6.45) is 2.28. The van der Waals surface area contributed by atoms with Gasteiger partial charge in [0.15, 0.2) is 0 Å². The lowest BCUT2D eigenvalue weighted by Gasteiger charge is -2.13. The summed E-state index contributed by atoms with van der Waals surface area (Å²) < 4.78 is 0. The van der Waals surface area contributed by atoms with Crippen LogP contribution < -0.4 is 5.32 Å². The van der Waals surface area contributed by atoms with E-state index in [0.29, 0.717) is 16.7 Å². The number of hydrogen-bond acceptors (Lipinski definition) is 3. The number of phenols is 1. The largest absolute Gasteiger partial charge is 0.506 e. The molecular weight excluding hydrogens is 182 g/mol. The van der Waals surface area contributed by atoms with Crippen LogP contribution in [0.1, 0.15) is 24.4 Å². The van der Waals surface area contributed by atoms with Crippen LogP contribution in [0.25, 0.3) is 0 Å². The van der Waals surface area contributed by atoms with Gasteiger partial charge < -0.3 is 10.4 Å². The van der Waals surface area contributed by atoms with Gasteiger partial charge in [0.2, 0.25) is 0 Å². The zero-order valence-electron chi connectivity index (χ0n) is 7.33. The van der Waals surface area contributed by atoms with Gasteiger partial charge in [0.1, 0.15) is 5.75 Å². The minimum atomic E-state index is 0.312. The fourth-order valence-corrected chi connectivity index (χ4v) is 2.00. The van der Waals surface area contributed by atoms with E-state index >= 15 is 0 Å². The Balaban J connectivity index is 2.33. The van der Waals surface area contributed by atoms with Crippen LogP contribution in [0.15, 0.2) is 23.1 Å². The van der Waals surface area contributed by atoms with E-state index in [4.69, 9.17) is 0 Å². The quantitative estimate of drug-likeness (QED) is 0.600. The molecule has 0 aliphatic carbocycles. The van der Waals surface area contributed by atoms with Gasteiger partial charge in [0.05, 0.1) is 0 Å². The lowest BCUT2D eigenvalue weighted by Crippen LogP contribution is -2.12. The van der Waals surface area contributed by atoms with Crippen LogP contribution in [0.3, 0.4) is 0 Å². The smallest absolute Gasteiger partial charge is 0.133 e. The number of aromatic hydroxyl groups is 1. The SMILES string of the molecule is Oc1c(S)cccc1[C@@H]1CCCN1. The van der Waals surface area contributed by atoms with Crippen LogP contribution >= 0.6 is 12.6 Å². The first-order valence-electron chi connectivity index (χ1n) is 4.53. The van der Waals surface area contributed by atoms with E-state index in [1.54, 1.807) is 6.07 Å². The highest BCUT2D eigenvalue weighted by molar-refractivity contribution is 7.80. The molecular formula is C10H13NOS. The van der Waals surface area contributed by atoms with E-state index < -0.39 is 0 Å². The normalized spacial score (nSPS) is 22.1. The van der Waals surface area contributed by atoms with Crippen LogP contribution in [0.2, 0.25) is 0 Å². The maximum atomic E-state index is 9.74. The summed E-state index contributed by atoms with van der Waals surface area (Å²) >= 11 is 4.18. The molecule has 0 bridgehead atoms. The molecule has 13 heavy (non-hydrogen) atoms. The molecule has 0 amide bonds. The lowest BCUT2D eigenvalue weighted by atomic mass is 10.0. The molecule has 1 aliphatic rings. The molecule has 2 N–H and O–H groups in total. The van der Waals surface area contributed by atoms with Crippen molar-refractivity contribution in [3.8, 4) is 5.75 Å². The maximum Gasteiger partial charge on any atom is 0.133 e. The van der Waals surface area contributed by atoms with Crippen molar-refractivity contribution >= 4 is 12.6 Å².